The van der Waals surface area contributed by atoms with Crippen molar-refractivity contribution in [2.24, 2.45) is 0 Å². The van der Waals surface area contributed by atoms with Crippen LogP contribution < -0.4 is 9.80 Å². The smallest absolute Gasteiger partial charge is 0.102 e. The Morgan fingerprint density at radius 2 is 1.52 bits per heavy atom. The third-order valence-electron chi connectivity index (χ3n) is 5.85. The number of hydrogen-bond donors (Lipinski definition) is 0. The maximum Gasteiger partial charge on any atom is 0.102 e. The topological polar surface area (TPSA) is 6.48 Å². The minimum absolute atomic E-state index is 0.507. The summed E-state index contributed by atoms with van der Waals surface area (Å²) in [6.07, 6.45) is 3.06. The second-order valence-corrected chi connectivity index (χ2v) is 8.17. The minimum atomic E-state index is 0.507. The van der Waals surface area contributed by atoms with Crippen LogP contribution in [0.2, 0.25) is 0 Å². The Morgan fingerprint density at radius 1 is 0.840 bits per heavy atom. The molecule has 132 valence electrons. The molecule has 4 rings (SSSR count). The van der Waals surface area contributed by atoms with Gasteiger partial charge in [0.15, 0.2) is 0 Å². The molecular weight excluding hydrogens is 304 g/mol. The molecule has 2 heterocycles. The van der Waals surface area contributed by atoms with Crippen LogP contribution in [0.1, 0.15) is 69.1 Å². The molecule has 2 aromatic carbocycles. The second-order valence-electron chi connectivity index (χ2n) is 8.17. The third-order valence-corrected chi connectivity index (χ3v) is 5.85. The molecular formula is C23H30N2. The lowest BCUT2D eigenvalue weighted by atomic mass is 9.90. The molecule has 2 aromatic rings. The van der Waals surface area contributed by atoms with E-state index in [1.54, 1.807) is 0 Å². The summed E-state index contributed by atoms with van der Waals surface area (Å²) in [6.45, 7) is 11.5. The van der Waals surface area contributed by atoms with Gasteiger partial charge < -0.3 is 9.80 Å². The maximum atomic E-state index is 2.71. The van der Waals surface area contributed by atoms with E-state index in [1.165, 1.54) is 47.5 Å². The van der Waals surface area contributed by atoms with Gasteiger partial charge in [0.2, 0.25) is 0 Å². The van der Waals surface area contributed by atoms with E-state index < -0.39 is 0 Å². The summed E-state index contributed by atoms with van der Waals surface area (Å²) >= 11 is 0. The first-order chi connectivity index (χ1) is 12.1. The highest BCUT2D eigenvalue weighted by Crippen LogP contribution is 2.43. The summed E-state index contributed by atoms with van der Waals surface area (Å²) in [4.78, 5) is 5.35. The molecule has 2 heteroatoms. The summed E-state index contributed by atoms with van der Waals surface area (Å²) in [5.41, 5.74) is 7.41. The highest BCUT2D eigenvalue weighted by Gasteiger charge is 2.37. The monoisotopic (exact) mass is 334 g/mol. The first-order valence-corrected chi connectivity index (χ1v) is 9.82. The number of fused-ring (bicyclic) bond motifs is 3. The second kappa shape index (κ2) is 6.40. The summed E-state index contributed by atoms with van der Waals surface area (Å²) in [5, 5.41) is 0. The molecule has 0 bridgehead atoms. The van der Waals surface area contributed by atoms with Gasteiger partial charge >= 0.3 is 0 Å². The molecule has 1 fully saturated rings. The van der Waals surface area contributed by atoms with Crippen molar-refractivity contribution in [2.45, 2.75) is 65.1 Å². The number of anilines is 2. The van der Waals surface area contributed by atoms with Crippen LogP contribution in [0.3, 0.4) is 0 Å². The first kappa shape index (κ1) is 16.5. The van der Waals surface area contributed by atoms with Crippen molar-refractivity contribution in [3.8, 4) is 0 Å². The van der Waals surface area contributed by atoms with Crippen LogP contribution in [-0.4, -0.2) is 12.7 Å². The Labute approximate surface area is 152 Å². The van der Waals surface area contributed by atoms with Crippen LogP contribution in [0.5, 0.6) is 0 Å². The van der Waals surface area contributed by atoms with Gasteiger partial charge in [0.05, 0.1) is 0 Å². The molecule has 0 aromatic heterocycles. The highest BCUT2D eigenvalue weighted by molar-refractivity contribution is 5.69. The van der Waals surface area contributed by atoms with Crippen LogP contribution in [0.15, 0.2) is 42.5 Å². The van der Waals surface area contributed by atoms with E-state index in [1.807, 2.05) is 0 Å². The predicted octanol–water partition coefficient (Wildman–Crippen LogP) is 5.88. The minimum Gasteiger partial charge on any atom is -0.351 e. The lowest BCUT2D eigenvalue weighted by molar-refractivity contribution is 0.573. The van der Waals surface area contributed by atoms with E-state index in [9.17, 15) is 0 Å². The predicted molar refractivity (Wildman–Crippen MR) is 108 cm³/mol. The molecule has 0 spiro atoms. The molecule has 2 aliphatic rings. The standard InChI is InChI=1S/C23H30N2/c1-16(2)19-10-7-11-20(17(3)4)23(19)25-15-18-9-5-6-12-21(18)24-14-8-13-22(24)25/h5-7,9-12,16-17,22H,8,13-15H2,1-4H3/t22-/m1/s1. The van der Waals surface area contributed by atoms with E-state index in [2.05, 4.69) is 80.0 Å². The fraction of sp³-hybridized carbons (Fsp3) is 0.478. The fourth-order valence-corrected chi connectivity index (χ4v) is 4.64. The Bertz CT molecular complexity index is 736. The van der Waals surface area contributed by atoms with Crippen LogP contribution in [0, 0.1) is 0 Å². The van der Waals surface area contributed by atoms with E-state index in [0.717, 1.165) is 6.54 Å². The van der Waals surface area contributed by atoms with Gasteiger partial charge in [0, 0.05) is 24.5 Å². The Hall–Kier alpha value is -1.96. The van der Waals surface area contributed by atoms with Crippen molar-refractivity contribution in [3.05, 3.63) is 59.2 Å². The van der Waals surface area contributed by atoms with Crippen molar-refractivity contribution in [2.75, 3.05) is 16.3 Å². The normalized spacial score (nSPS) is 19.5. The molecule has 2 aliphatic heterocycles. The van der Waals surface area contributed by atoms with Gasteiger partial charge in [0.25, 0.3) is 0 Å². The average molecular weight is 335 g/mol. The number of nitrogens with zero attached hydrogens (tertiary/aromatic N) is 2. The zero-order valence-corrected chi connectivity index (χ0v) is 16.0. The molecule has 0 unspecified atom stereocenters. The van der Waals surface area contributed by atoms with Crippen LogP contribution in [0.4, 0.5) is 11.4 Å². The van der Waals surface area contributed by atoms with Gasteiger partial charge in [-0.2, -0.15) is 0 Å². The van der Waals surface area contributed by atoms with E-state index in [4.69, 9.17) is 0 Å². The number of rotatable bonds is 3. The summed E-state index contributed by atoms with van der Waals surface area (Å²) in [7, 11) is 0. The zero-order valence-electron chi connectivity index (χ0n) is 16.0. The van der Waals surface area contributed by atoms with Crippen LogP contribution in [-0.2, 0) is 6.54 Å². The number of benzene rings is 2. The Morgan fingerprint density at radius 3 is 2.20 bits per heavy atom. The van der Waals surface area contributed by atoms with E-state index in [0.29, 0.717) is 18.0 Å². The molecule has 0 radical (unpaired) electrons. The van der Waals surface area contributed by atoms with Crippen molar-refractivity contribution < 1.29 is 0 Å². The van der Waals surface area contributed by atoms with Crippen molar-refractivity contribution in [1.82, 2.24) is 0 Å². The van der Waals surface area contributed by atoms with E-state index >= 15 is 0 Å². The lowest BCUT2D eigenvalue weighted by Crippen LogP contribution is -2.49. The SMILES string of the molecule is CC(C)c1cccc(C(C)C)c1N1Cc2ccccc2N2CCC[C@H]21. The molecule has 0 aliphatic carbocycles. The van der Waals surface area contributed by atoms with Crippen LogP contribution >= 0.6 is 0 Å². The lowest BCUT2D eigenvalue weighted by Gasteiger charge is -2.45. The van der Waals surface area contributed by atoms with Gasteiger partial charge in [0.1, 0.15) is 6.17 Å². The largest absolute Gasteiger partial charge is 0.351 e. The van der Waals surface area contributed by atoms with Gasteiger partial charge in [-0.1, -0.05) is 64.1 Å². The molecule has 0 saturated carbocycles. The van der Waals surface area contributed by atoms with Crippen molar-refractivity contribution >= 4 is 11.4 Å². The van der Waals surface area contributed by atoms with Gasteiger partial charge in [-0.15, -0.1) is 0 Å². The Kier molecular flexibility index (Phi) is 4.23. The van der Waals surface area contributed by atoms with Crippen molar-refractivity contribution in [3.63, 3.8) is 0 Å². The number of hydrogen-bond acceptors (Lipinski definition) is 2. The van der Waals surface area contributed by atoms with Crippen molar-refractivity contribution in [1.29, 1.82) is 0 Å². The van der Waals surface area contributed by atoms with Crippen LogP contribution in [0.25, 0.3) is 0 Å². The fourth-order valence-electron chi connectivity index (χ4n) is 4.64. The molecule has 0 amide bonds. The quantitative estimate of drug-likeness (QED) is 0.691. The molecule has 1 atom stereocenters. The zero-order chi connectivity index (χ0) is 17.6. The molecule has 1 saturated heterocycles. The summed E-state index contributed by atoms with van der Waals surface area (Å²) in [5.74, 6) is 1.08. The molecule has 2 nitrogen and oxygen atoms in total. The van der Waals surface area contributed by atoms with Gasteiger partial charge in [-0.25, -0.2) is 0 Å². The Balaban J connectivity index is 1.87. The van der Waals surface area contributed by atoms with Gasteiger partial charge in [-0.3, -0.25) is 0 Å². The molecule has 25 heavy (non-hydrogen) atoms. The highest BCUT2D eigenvalue weighted by atomic mass is 15.4. The average Bonchev–Trinajstić information content (AvgIpc) is 3.10. The van der Waals surface area contributed by atoms with Gasteiger partial charge in [-0.05, 0) is 47.4 Å². The third kappa shape index (κ3) is 2.72. The molecule has 0 N–H and O–H groups in total. The summed E-state index contributed by atoms with van der Waals surface area (Å²) in [6, 6.07) is 15.9. The maximum absolute atomic E-state index is 2.71. The number of para-hydroxylation sites is 2. The first-order valence-electron chi connectivity index (χ1n) is 9.82. The van der Waals surface area contributed by atoms with E-state index in [-0.39, 0.29) is 0 Å². The summed E-state index contributed by atoms with van der Waals surface area (Å²) < 4.78 is 0.